The number of nitrogens with zero attached hydrogens (tertiary/aromatic N) is 1. The first-order chi connectivity index (χ1) is 13.3. The summed E-state index contributed by atoms with van der Waals surface area (Å²) in [6.45, 7) is 2.47. The van der Waals surface area contributed by atoms with Crippen molar-refractivity contribution in [3.63, 3.8) is 0 Å². The van der Waals surface area contributed by atoms with Gasteiger partial charge in [-0.3, -0.25) is 4.79 Å². The molecular formula is C22H25F2N3O. The van der Waals surface area contributed by atoms with E-state index < -0.39 is 17.2 Å². The molecule has 0 fully saturated rings. The minimum Gasteiger partial charge on any atom is -0.326 e. The standard InChI is InChI=1S/C22H25F2N3O/c1-22(25,10-11-26-2)21(28)27-14-16(18-13-17(23)8-9-19(18)24)12-20(27)15-6-4-3-5-7-15/h3-9,12-13,20,26H,10-11,14,25H2,1-2H3. The SMILES string of the molecule is CNCCC(C)(N)C(=O)N1CC(c2cc(F)ccc2F)=CC1c1ccccc1. The van der Waals surface area contributed by atoms with Crippen LogP contribution < -0.4 is 11.1 Å². The van der Waals surface area contributed by atoms with Crippen LogP contribution in [0, 0.1) is 11.6 Å². The lowest BCUT2D eigenvalue weighted by Gasteiger charge is -2.33. The molecule has 3 N–H and O–H groups in total. The highest BCUT2D eigenvalue weighted by molar-refractivity contribution is 5.89. The number of rotatable bonds is 6. The minimum absolute atomic E-state index is 0.171. The molecule has 6 heteroatoms. The van der Waals surface area contributed by atoms with Gasteiger partial charge in [-0.15, -0.1) is 0 Å². The second kappa shape index (κ2) is 8.20. The van der Waals surface area contributed by atoms with Crippen LogP contribution in [0.2, 0.25) is 0 Å². The Labute approximate surface area is 164 Å². The fourth-order valence-corrected chi connectivity index (χ4v) is 3.48. The van der Waals surface area contributed by atoms with E-state index in [1.54, 1.807) is 18.9 Å². The first-order valence-corrected chi connectivity index (χ1v) is 9.29. The molecule has 2 aromatic rings. The van der Waals surface area contributed by atoms with E-state index in [1.165, 1.54) is 6.07 Å². The smallest absolute Gasteiger partial charge is 0.243 e. The molecule has 0 bridgehead atoms. The van der Waals surface area contributed by atoms with Gasteiger partial charge in [-0.05, 0) is 56.3 Å². The number of carbonyl (C=O) groups is 1. The maximum absolute atomic E-state index is 14.3. The van der Waals surface area contributed by atoms with Crippen molar-refractivity contribution in [2.75, 3.05) is 20.1 Å². The molecule has 4 nitrogen and oxygen atoms in total. The van der Waals surface area contributed by atoms with E-state index in [0.717, 1.165) is 17.7 Å². The molecule has 1 aliphatic rings. The minimum atomic E-state index is -1.07. The normalized spacial score (nSPS) is 18.7. The van der Waals surface area contributed by atoms with Crippen molar-refractivity contribution in [1.29, 1.82) is 0 Å². The van der Waals surface area contributed by atoms with Crippen molar-refractivity contribution < 1.29 is 13.6 Å². The zero-order valence-corrected chi connectivity index (χ0v) is 16.1. The number of benzene rings is 2. The Morgan fingerprint density at radius 1 is 1.25 bits per heavy atom. The second-order valence-electron chi connectivity index (χ2n) is 7.38. The predicted molar refractivity (Wildman–Crippen MR) is 106 cm³/mol. The molecule has 0 spiro atoms. The Morgan fingerprint density at radius 2 is 1.96 bits per heavy atom. The molecular weight excluding hydrogens is 360 g/mol. The summed E-state index contributed by atoms with van der Waals surface area (Å²) in [6, 6.07) is 12.4. The van der Waals surface area contributed by atoms with Gasteiger partial charge in [-0.1, -0.05) is 36.4 Å². The highest BCUT2D eigenvalue weighted by Gasteiger charge is 2.39. The Hall–Kier alpha value is -2.57. The molecule has 0 saturated heterocycles. The van der Waals surface area contributed by atoms with Gasteiger partial charge in [0.25, 0.3) is 0 Å². The Bertz CT molecular complexity index is 881. The Kier molecular flexibility index (Phi) is 5.91. The highest BCUT2D eigenvalue weighted by atomic mass is 19.1. The number of carbonyl (C=O) groups excluding carboxylic acids is 1. The van der Waals surface area contributed by atoms with Crippen LogP contribution in [0.3, 0.4) is 0 Å². The lowest BCUT2D eigenvalue weighted by Crippen LogP contribution is -2.54. The molecule has 0 radical (unpaired) electrons. The summed E-state index contributed by atoms with van der Waals surface area (Å²) in [6.07, 6.45) is 2.28. The summed E-state index contributed by atoms with van der Waals surface area (Å²) >= 11 is 0. The number of nitrogens with two attached hydrogens (primary N) is 1. The molecule has 0 saturated carbocycles. The van der Waals surface area contributed by atoms with Crippen LogP contribution in [0.15, 0.2) is 54.6 Å². The molecule has 1 amide bonds. The average molecular weight is 385 g/mol. The summed E-state index contributed by atoms with van der Waals surface area (Å²) in [7, 11) is 1.80. The number of amides is 1. The molecule has 3 rings (SSSR count). The van der Waals surface area contributed by atoms with Crippen LogP contribution in [0.1, 0.15) is 30.5 Å². The average Bonchev–Trinajstić information content (AvgIpc) is 3.13. The van der Waals surface area contributed by atoms with Gasteiger partial charge < -0.3 is 16.0 Å². The van der Waals surface area contributed by atoms with E-state index in [4.69, 9.17) is 5.73 Å². The van der Waals surface area contributed by atoms with Crippen molar-refractivity contribution in [2.24, 2.45) is 5.73 Å². The highest BCUT2D eigenvalue weighted by Crippen LogP contribution is 2.37. The first-order valence-electron chi connectivity index (χ1n) is 9.29. The lowest BCUT2D eigenvalue weighted by molar-refractivity contribution is -0.137. The Balaban J connectivity index is 1.98. The summed E-state index contributed by atoms with van der Waals surface area (Å²) in [5.41, 5.74) is 6.89. The predicted octanol–water partition coefficient (Wildman–Crippen LogP) is 3.26. The maximum atomic E-state index is 14.3. The van der Waals surface area contributed by atoms with Crippen molar-refractivity contribution in [3.8, 4) is 0 Å². The first kappa shape index (κ1) is 20.2. The van der Waals surface area contributed by atoms with Crippen molar-refractivity contribution in [1.82, 2.24) is 10.2 Å². The van der Waals surface area contributed by atoms with Crippen molar-refractivity contribution in [2.45, 2.75) is 24.9 Å². The quantitative estimate of drug-likeness (QED) is 0.803. The third-order valence-electron chi connectivity index (χ3n) is 5.09. The van der Waals surface area contributed by atoms with Crippen LogP contribution in [-0.2, 0) is 4.79 Å². The van der Waals surface area contributed by atoms with Crippen molar-refractivity contribution >= 4 is 11.5 Å². The summed E-state index contributed by atoms with van der Waals surface area (Å²) in [4.78, 5) is 14.9. The molecule has 0 aliphatic carbocycles. The zero-order chi connectivity index (χ0) is 20.3. The van der Waals surface area contributed by atoms with Gasteiger partial charge in [-0.2, -0.15) is 0 Å². The van der Waals surface area contributed by atoms with E-state index in [1.807, 2.05) is 36.4 Å². The van der Waals surface area contributed by atoms with Crippen molar-refractivity contribution in [3.05, 3.63) is 77.4 Å². The van der Waals surface area contributed by atoms with E-state index in [-0.39, 0.29) is 24.1 Å². The maximum Gasteiger partial charge on any atom is 0.243 e. The molecule has 2 atom stereocenters. The zero-order valence-electron chi connectivity index (χ0n) is 16.1. The third-order valence-corrected chi connectivity index (χ3v) is 5.09. The van der Waals surface area contributed by atoms with E-state index in [0.29, 0.717) is 18.5 Å². The molecule has 1 aliphatic heterocycles. The van der Waals surface area contributed by atoms with Gasteiger partial charge in [-0.25, -0.2) is 8.78 Å². The number of hydrogen-bond donors (Lipinski definition) is 2. The van der Waals surface area contributed by atoms with Gasteiger partial charge in [0.05, 0.1) is 11.6 Å². The molecule has 0 aromatic heterocycles. The third kappa shape index (κ3) is 4.13. The van der Waals surface area contributed by atoms with Gasteiger partial charge in [0, 0.05) is 12.1 Å². The number of halogens is 2. The van der Waals surface area contributed by atoms with Crippen LogP contribution >= 0.6 is 0 Å². The number of nitrogens with one attached hydrogen (secondary N) is 1. The second-order valence-corrected chi connectivity index (χ2v) is 7.38. The van der Waals surface area contributed by atoms with Gasteiger partial charge in [0.2, 0.25) is 5.91 Å². The summed E-state index contributed by atoms with van der Waals surface area (Å²) in [5, 5.41) is 3.01. The fourth-order valence-electron chi connectivity index (χ4n) is 3.48. The summed E-state index contributed by atoms with van der Waals surface area (Å²) in [5.74, 6) is -1.25. The van der Waals surface area contributed by atoms with Gasteiger partial charge >= 0.3 is 0 Å². The molecule has 2 aromatic carbocycles. The van der Waals surface area contributed by atoms with Gasteiger partial charge in [0.1, 0.15) is 11.6 Å². The van der Waals surface area contributed by atoms with Crippen LogP contribution in [0.25, 0.3) is 5.57 Å². The monoisotopic (exact) mass is 385 g/mol. The van der Waals surface area contributed by atoms with E-state index >= 15 is 0 Å². The van der Waals surface area contributed by atoms with Gasteiger partial charge in [0.15, 0.2) is 0 Å². The van der Waals surface area contributed by atoms with E-state index in [2.05, 4.69) is 5.32 Å². The molecule has 2 unspecified atom stereocenters. The topological polar surface area (TPSA) is 58.4 Å². The molecule has 28 heavy (non-hydrogen) atoms. The fraction of sp³-hybridized carbons (Fsp3) is 0.318. The molecule has 1 heterocycles. The van der Waals surface area contributed by atoms with Crippen LogP contribution in [0.5, 0.6) is 0 Å². The summed E-state index contributed by atoms with van der Waals surface area (Å²) < 4.78 is 28.0. The largest absolute Gasteiger partial charge is 0.326 e. The molecule has 148 valence electrons. The lowest BCUT2D eigenvalue weighted by atomic mass is 9.96. The van der Waals surface area contributed by atoms with E-state index in [9.17, 15) is 13.6 Å². The van der Waals surface area contributed by atoms with Crippen LogP contribution in [-0.4, -0.2) is 36.5 Å². The number of hydrogen-bond acceptors (Lipinski definition) is 3. The Morgan fingerprint density at radius 3 is 2.64 bits per heavy atom. The van der Waals surface area contributed by atoms with Crippen LogP contribution in [0.4, 0.5) is 8.78 Å².